The zero-order valence-electron chi connectivity index (χ0n) is 15.5. The quantitative estimate of drug-likeness (QED) is 0.299. The highest BCUT2D eigenvalue weighted by Gasteiger charge is 2.16. The highest BCUT2D eigenvalue weighted by molar-refractivity contribution is 5.95. The zero-order valence-corrected chi connectivity index (χ0v) is 15.5. The van der Waals surface area contributed by atoms with Crippen LogP contribution in [0.5, 0.6) is 11.5 Å². The Balaban J connectivity index is 1.69. The van der Waals surface area contributed by atoms with E-state index in [1.807, 2.05) is 6.07 Å². The lowest BCUT2D eigenvalue weighted by atomic mass is 10.2. The van der Waals surface area contributed by atoms with Crippen molar-refractivity contribution < 1.29 is 23.5 Å². The van der Waals surface area contributed by atoms with E-state index in [0.717, 1.165) is 0 Å². The minimum atomic E-state index is -0.835. The number of nitrogens with zero attached hydrogens (tertiary/aromatic N) is 1. The summed E-state index contributed by atoms with van der Waals surface area (Å²) in [4.78, 5) is 24.1. The molecule has 0 bridgehead atoms. The van der Waals surface area contributed by atoms with E-state index < -0.39 is 11.8 Å². The van der Waals surface area contributed by atoms with Gasteiger partial charge in [0, 0.05) is 5.56 Å². The fourth-order valence-corrected chi connectivity index (χ4v) is 2.45. The molecule has 0 saturated carbocycles. The molecule has 0 spiro atoms. The number of carbonyl (C=O) groups excluding carboxylic acids is 2. The van der Waals surface area contributed by atoms with Crippen molar-refractivity contribution >= 4 is 18.1 Å². The molecule has 0 aliphatic carbocycles. The van der Waals surface area contributed by atoms with Crippen LogP contribution < -0.4 is 14.9 Å². The van der Waals surface area contributed by atoms with Crippen LogP contribution >= 0.6 is 0 Å². The molecule has 3 rings (SSSR count). The topological polar surface area (TPSA) is 77.0 Å². The van der Waals surface area contributed by atoms with Crippen LogP contribution in [-0.2, 0) is 0 Å². The Bertz CT molecular complexity index is 1050. The number of esters is 1. The van der Waals surface area contributed by atoms with Gasteiger partial charge in [-0.05, 0) is 48.0 Å². The maximum Gasteiger partial charge on any atom is 0.346 e. The lowest BCUT2D eigenvalue weighted by Gasteiger charge is -2.10. The van der Waals surface area contributed by atoms with E-state index in [0.29, 0.717) is 11.1 Å². The van der Waals surface area contributed by atoms with Gasteiger partial charge in [-0.2, -0.15) is 5.10 Å². The van der Waals surface area contributed by atoms with Crippen LogP contribution in [0.15, 0.2) is 77.9 Å². The van der Waals surface area contributed by atoms with E-state index in [1.165, 1.54) is 37.6 Å². The molecule has 0 aromatic heterocycles. The first kappa shape index (κ1) is 19.8. The second-order valence-electron chi connectivity index (χ2n) is 5.84. The van der Waals surface area contributed by atoms with Crippen LogP contribution in [0.1, 0.15) is 26.3 Å². The summed E-state index contributed by atoms with van der Waals surface area (Å²) in [6.07, 6.45) is 1.42. The van der Waals surface area contributed by atoms with Crippen LogP contribution in [0.3, 0.4) is 0 Å². The van der Waals surface area contributed by atoms with E-state index in [1.54, 1.807) is 42.5 Å². The van der Waals surface area contributed by atoms with Gasteiger partial charge >= 0.3 is 5.97 Å². The average molecular weight is 392 g/mol. The molecule has 0 saturated heterocycles. The van der Waals surface area contributed by atoms with Gasteiger partial charge < -0.3 is 9.47 Å². The van der Waals surface area contributed by atoms with Gasteiger partial charge in [0.1, 0.15) is 5.82 Å². The minimum Gasteiger partial charge on any atom is -0.493 e. The first-order chi connectivity index (χ1) is 14.1. The summed E-state index contributed by atoms with van der Waals surface area (Å²) in [5.41, 5.74) is 3.33. The second-order valence-corrected chi connectivity index (χ2v) is 5.84. The third-order valence-corrected chi connectivity index (χ3v) is 3.90. The van der Waals surface area contributed by atoms with Gasteiger partial charge in [-0.1, -0.05) is 30.3 Å². The van der Waals surface area contributed by atoms with Gasteiger partial charge in [-0.3, -0.25) is 4.79 Å². The van der Waals surface area contributed by atoms with Gasteiger partial charge in [-0.25, -0.2) is 14.6 Å². The summed E-state index contributed by atoms with van der Waals surface area (Å²) in [5.74, 6) is -1.46. The highest BCUT2D eigenvalue weighted by Crippen LogP contribution is 2.28. The summed E-state index contributed by atoms with van der Waals surface area (Å²) in [7, 11) is 1.41. The molecule has 7 heteroatoms. The molecule has 3 aromatic rings. The molecule has 0 radical (unpaired) electrons. The lowest BCUT2D eigenvalue weighted by Crippen LogP contribution is -2.17. The minimum absolute atomic E-state index is 0.131. The number of hydrazone groups is 1. The van der Waals surface area contributed by atoms with Crippen molar-refractivity contribution in [1.29, 1.82) is 0 Å². The predicted molar refractivity (Wildman–Crippen MR) is 106 cm³/mol. The third kappa shape index (κ3) is 5.04. The van der Waals surface area contributed by atoms with Gasteiger partial charge in [-0.15, -0.1) is 0 Å². The average Bonchev–Trinajstić information content (AvgIpc) is 2.75. The number of ether oxygens (including phenoxy) is 2. The Morgan fingerprint density at radius 2 is 1.69 bits per heavy atom. The number of hydrogen-bond donors (Lipinski definition) is 1. The number of hydrogen-bond acceptors (Lipinski definition) is 5. The summed E-state index contributed by atoms with van der Waals surface area (Å²) in [6, 6.07) is 18.9. The molecule has 0 aliphatic rings. The van der Waals surface area contributed by atoms with Crippen molar-refractivity contribution in [2.24, 2.45) is 5.10 Å². The molecule has 29 heavy (non-hydrogen) atoms. The zero-order chi connectivity index (χ0) is 20.6. The summed E-state index contributed by atoms with van der Waals surface area (Å²) >= 11 is 0. The van der Waals surface area contributed by atoms with E-state index in [4.69, 9.17) is 9.47 Å². The second kappa shape index (κ2) is 9.27. The van der Waals surface area contributed by atoms with Crippen molar-refractivity contribution in [1.82, 2.24) is 5.43 Å². The van der Waals surface area contributed by atoms with Gasteiger partial charge in [0.25, 0.3) is 5.91 Å². The first-order valence-electron chi connectivity index (χ1n) is 8.61. The van der Waals surface area contributed by atoms with Gasteiger partial charge in [0.05, 0.1) is 18.9 Å². The molecule has 0 heterocycles. The number of halogens is 1. The Hall–Kier alpha value is -4.00. The molecule has 3 aromatic carbocycles. The van der Waals surface area contributed by atoms with E-state index in [9.17, 15) is 14.0 Å². The molecule has 1 N–H and O–H groups in total. The lowest BCUT2D eigenvalue weighted by molar-refractivity contribution is 0.0724. The molecule has 0 atom stereocenters. The molecule has 0 unspecified atom stereocenters. The Kier molecular flexibility index (Phi) is 6.32. The largest absolute Gasteiger partial charge is 0.493 e. The van der Waals surface area contributed by atoms with Crippen molar-refractivity contribution in [2.45, 2.75) is 0 Å². The van der Waals surface area contributed by atoms with Crippen molar-refractivity contribution in [3.8, 4) is 11.5 Å². The van der Waals surface area contributed by atoms with Crippen LogP contribution in [0.2, 0.25) is 0 Å². The molecule has 6 nitrogen and oxygen atoms in total. The number of methoxy groups -OCH3 is 1. The van der Waals surface area contributed by atoms with Gasteiger partial charge in [0.2, 0.25) is 0 Å². The summed E-state index contributed by atoms with van der Waals surface area (Å²) < 4.78 is 24.2. The van der Waals surface area contributed by atoms with Crippen LogP contribution in [0.4, 0.5) is 4.39 Å². The van der Waals surface area contributed by atoms with E-state index >= 15 is 0 Å². The van der Waals surface area contributed by atoms with E-state index in [-0.39, 0.29) is 23.0 Å². The molecule has 1 amide bonds. The number of carbonyl (C=O) groups is 2. The number of benzene rings is 3. The predicted octanol–water partition coefficient (Wildman–Crippen LogP) is 3.82. The van der Waals surface area contributed by atoms with Crippen LogP contribution in [-0.4, -0.2) is 25.2 Å². The van der Waals surface area contributed by atoms with Crippen molar-refractivity contribution in [3.63, 3.8) is 0 Å². The van der Waals surface area contributed by atoms with Crippen molar-refractivity contribution in [2.75, 3.05) is 7.11 Å². The van der Waals surface area contributed by atoms with Gasteiger partial charge in [0.15, 0.2) is 11.5 Å². The monoisotopic (exact) mass is 392 g/mol. The Morgan fingerprint density at radius 3 is 2.41 bits per heavy atom. The number of rotatable bonds is 6. The summed E-state index contributed by atoms with van der Waals surface area (Å²) in [6.45, 7) is 0. The highest BCUT2D eigenvalue weighted by atomic mass is 19.1. The smallest absolute Gasteiger partial charge is 0.346 e. The molecule has 0 fully saturated rings. The fraction of sp³-hybridized carbons (Fsp3) is 0.0455. The normalized spacial score (nSPS) is 10.6. The van der Waals surface area contributed by atoms with Crippen molar-refractivity contribution in [3.05, 3.63) is 95.3 Å². The maximum absolute atomic E-state index is 13.7. The van der Waals surface area contributed by atoms with Crippen LogP contribution in [0, 0.1) is 5.82 Å². The fourth-order valence-electron chi connectivity index (χ4n) is 2.45. The molecular weight excluding hydrogens is 375 g/mol. The molecule has 0 aliphatic heterocycles. The molecular formula is C22H17FN2O4. The number of nitrogens with one attached hydrogen (secondary N) is 1. The maximum atomic E-state index is 13.7. The summed E-state index contributed by atoms with van der Waals surface area (Å²) in [5, 5.41) is 3.91. The third-order valence-electron chi connectivity index (χ3n) is 3.90. The Morgan fingerprint density at radius 1 is 0.966 bits per heavy atom. The first-order valence-corrected chi connectivity index (χ1v) is 8.61. The SMILES string of the molecule is COc1cc(/C=N/NC(=O)c2ccccc2)ccc1OC(=O)c1ccccc1F. The van der Waals surface area contributed by atoms with Crippen LogP contribution in [0.25, 0.3) is 0 Å². The molecule has 146 valence electrons. The number of amides is 1. The Labute approximate surface area is 166 Å². The van der Waals surface area contributed by atoms with E-state index in [2.05, 4.69) is 10.5 Å². The standard InChI is InChI=1S/C22H17FN2O4/c1-28-20-13-15(14-24-25-21(26)16-7-3-2-4-8-16)11-12-19(20)29-22(27)17-9-5-6-10-18(17)23/h2-14H,1H3,(H,25,26)/b24-14+.